The number of ether oxygens (including phenoxy) is 2. The minimum Gasteiger partial charge on any atom is -0.462 e. The highest BCUT2D eigenvalue weighted by Gasteiger charge is 2.30. The second-order valence-corrected chi connectivity index (χ2v) is 8.25. The number of aryl methyl sites for hydroxylation is 1. The van der Waals surface area contributed by atoms with E-state index in [2.05, 4.69) is 17.4 Å². The Bertz CT molecular complexity index is 932. The van der Waals surface area contributed by atoms with Crippen molar-refractivity contribution < 1.29 is 28.4 Å². The number of nitrogens with one attached hydrogen (secondary N) is 1. The van der Waals surface area contributed by atoms with Crippen LogP contribution in [0.2, 0.25) is 0 Å². The Hall–Kier alpha value is -2.68. The van der Waals surface area contributed by atoms with Crippen molar-refractivity contribution in [3.63, 3.8) is 0 Å². The fourth-order valence-corrected chi connectivity index (χ4v) is 4.61. The Labute approximate surface area is 172 Å². The van der Waals surface area contributed by atoms with Crippen LogP contribution in [0, 0.1) is 12.8 Å². The molecule has 0 unspecified atom stereocenters. The monoisotopic (exact) mass is 420 g/mol. The minimum absolute atomic E-state index is 0.0741. The molecule has 2 heterocycles. The summed E-state index contributed by atoms with van der Waals surface area (Å²) < 4.78 is 15.2. The highest BCUT2D eigenvalue weighted by Crippen LogP contribution is 2.40. The summed E-state index contributed by atoms with van der Waals surface area (Å²) in [6.45, 7) is 7.28. The van der Waals surface area contributed by atoms with Crippen molar-refractivity contribution in [3.8, 4) is 0 Å². The van der Waals surface area contributed by atoms with Gasteiger partial charge in [-0.25, -0.2) is 9.59 Å². The van der Waals surface area contributed by atoms with Crippen LogP contribution in [-0.2, 0) is 27.1 Å². The van der Waals surface area contributed by atoms with Crippen LogP contribution in [0.1, 0.15) is 64.2 Å². The fraction of sp³-hybridized carbons (Fsp3) is 0.500. The largest absolute Gasteiger partial charge is 0.462 e. The quantitative estimate of drug-likeness (QED) is 0.712. The van der Waals surface area contributed by atoms with Gasteiger partial charge in [-0.05, 0) is 51.5 Å². The lowest BCUT2D eigenvalue weighted by Crippen LogP contribution is -2.30. The SMILES string of the molecule is CCOC(=O)c1c(NC(=O)[C@@H](C)OC(=O)c2cc(C)no2)sc2c1CC[C@@H](C)C2. The second-order valence-electron chi connectivity index (χ2n) is 7.15. The number of fused-ring (bicyclic) bond motifs is 1. The van der Waals surface area contributed by atoms with Crippen LogP contribution in [0.25, 0.3) is 0 Å². The molecule has 0 saturated carbocycles. The molecular weight excluding hydrogens is 396 g/mol. The van der Waals surface area contributed by atoms with Gasteiger partial charge in [0.25, 0.3) is 5.91 Å². The number of hydrogen-bond donors (Lipinski definition) is 1. The number of rotatable bonds is 6. The number of nitrogens with zero attached hydrogens (tertiary/aromatic N) is 1. The molecule has 0 aliphatic heterocycles. The van der Waals surface area contributed by atoms with Crippen LogP contribution >= 0.6 is 11.3 Å². The van der Waals surface area contributed by atoms with Crippen LogP contribution in [0.15, 0.2) is 10.6 Å². The molecule has 3 rings (SSSR count). The number of thiophene rings is 1. The molecule has 8 nitrogen and oxygen atoms in total. The maximum Gasteiger partial charge on any atom is 0.377 e. The lowest BCUT2D eigenvalue weighted by atomic mass is 9.88. The molecule has 9 heteroatoms. The molecule has 0 radical (unpaired) electrons. The zero-order valence-electron chi connectivity index (χ0n) is 16.9. The Morgan fingerprint density at radius 3 is 2.79 bits per heavy atom. The summed E-state index contributed by atoms with van der Waals surface area (Å²) in [6.07, 6.45) is 1.53. The minimum atomic E-state index is -1.08. The van der Waals surface area contributed by atoms with Gasteiger partial charge in [0, 0.05) is 10.9 Å². The van der Waals surface area contributed by atoms with Gasteiger partial charge in [0.2, 0.25) is 5.76 Å². The maximum atomic E-state index is 12.6. The smallest absolute Gasteiger partial charge is 0.377 e. The molecule has 0 bridgehead atoms. The predicted molar refractivity (Wildman–Crippen MR) is 106 cm³/mol. The van der Waals surface area contributed by atoms with Crippen molar-refractivity contribution in [2.75, 3.05) is 11.9 Å². The van der Waals surface area contributed by atoms with Crippen molar-refractivity contribution in [2.45, 2.75) is 53.1 Å². The Balaban J connectivity index is 1.76. The highest BCUT2D eigenvalue weighted by molar-refractivity contribution is 7.17. The van der Waals surface area contributed by atoms with Gasteiger partial charge in [0.05, 0.1) is 17.9 Å². The summed E-state index contributed by atoms with van der Waals surface area (Å²) in [5.74, 6) is -1.32. The molecule has 0 saturated heterocycles. The van der Waals surface area contributed by atoms with Gasteiger partial charge in [0.1, 0.15) is 5.00 Å². The number of amides is 1. The van der Waals surface area contributed by atoms with E-state index in [4.69, 9.17) is 14.0 Å². The van der Waals surface area contributed by atoms with E-state index in [0.717, 1.165) is 29.7 Å². The van der Waals surface area contributed by atoms with Crippen molar-refractivity contribution >= 4 is 34.2 Å². The molecule has 1 amide bonds. The summed E-state index contributed by atoms with van der Waals surface area (Å²) in [5, 5.41) is 6.80. The first kappa shape index (κ1) is 21.0. The van der Waals surface area contributed by atoms with Gasteiger partial charge in [-0.3, -0.25) is 4.79 Å². The van der Waals surface area contributed by atoms with E-state index >= 15 is 0 Å². The topological polar surface area (TPSA) is 108 Å². The molecule has 29 heavy (non-hydrogen) atoms. The van der Waals surface area contributed by atoms with E-state index in [-0.39, 0.29) is 12.4 Å². The number of carbonyl (C=O) groups excluding carboxylic acids is 3. The van der Waals surface area contributed by atoms with Crippen LogP contribution < -0.4 is 5.32 Å². The van der Waals surface area contributed by atoms with Crippen molar-refractivity contribution in [1.29, 1.82) is 0 Å². The Morgan fingerprint density at radius 2 is 2.14 bits per heavy atom. The van der Waals surface area contributed by atoms with Crippen molar-refractivity contribution in [3.05, 3.63) is 33.5 Å². The van der Waals surface area contributed by atoms with Crippen LogP contribution in [0.4, 0.5) is 5.00 Å². The van der Waals surface area contributed by atoms with E-state index in [1.54, 1.807) is 13.8 Å². The Kier molecular flexibility index (Phi) is 6.36. The third-order valence-electron chi connectivity index (χ3n) is 4.71. The molecule has 1 N–H and O–H groups in total. The third-order valence-corrected chi connectivity index (χ3v) is 5.88. The number of hydrogen-bond acceptors (Lipinski definition) is 8. The summed E-state index contributed by atoms with van der Waals surface area (Å²) >= 11 is 1.38. The standard InChI is InChI=1S/C20H24N2O6S/c1-5-26-20(25)16-13-7-6-10(2)8-15(13)29-18(16)21-17(23)12(4)27-19(24)14-9-11(3)22-28-14/h9-10,12H,5-8H2,1-4H3,(H,21,23)/t10-,12-/m1/s1. The molecule has 1 aliphatic rings. The summed E-state index contributed by atoms with van der Waals surface area (Å²) in [7, 11) is 0. The van der Waals surface area contributed by atoms with Gasteiger partial charge >= 0.3 is 11.9 Å². The molecule has 156 valence electrons. The number of anilines is 1. The lowest BCUT2D eigenvalue weighted by Gasteiger charge is -2.18. The summed E-state index contributed by atoms with van der Waals surface area (Å²) in [6, 6.07) is 1.43. The van der Waals surface area contributed by atoms with Gasteiger partial charge < -0.3 is 19.3 Å². The predicted octanol–water partition coefficient (Wildman–Crippen LogP) is 3.53. The highest BCUT2D eigenvalue weighted by atomic mass is 32.1. The van der Waals surface area contributed by atoms with Crippen LogP contribution in [0.3, 0.4) is 0 Å². The zero-order chi connectivity index (χ0) is 21.1. The first-order chi connectivity index (χ1) is 13.8. The molecule has 2 atom stereocenters. The maximum absolute atomic E-state index is 12.6. The van der Waals surface area contributed by atoms with Crippen LogP contribution in [-0.4, -0.2) is 35.7 Å². The van der Waals surface area contributed by atoms with Gasteiger partial charge in [-0.1, -0.05) is 12.1 Å². The van der Waals surface area contributed by atoms with Gasteiger partial charge in [0.15, 0.2) is 6.10 Å². The van der Waals surface area contributed by atoms with E-state index in [9.17, 15) is 14.4 Å². The molecule has 1 aliphatic carbocycles. The number of carbonyl (C=O) groups is 3. The van der Waals surface area contributed by atoms with Crippen molar-refractivity contribution in [1.82, 2.24) is 5.16 Å². The van der Waals surface area contributed by atoms with E-state index in [1.807, 2.05) is 0 Å². The molecule has 0 fully saturated rings. The molecular formula is C20H24N2O6S. The number of aromatic nitrogens is 1. The molecule has 0 aromatic carbocycles. The molecule has 0 spiro atoms. The average Bonchev–Trinajstić information content (AvgIpc) is 3.24. The van der Waals surface area contributed by atoms with Gasteiger partial charge in [-0.2, -0.15) is 0 Å². The zero-order valence-corrected chi connectivity index (χ0v) is 17.7. The number of esters is 2. The third kappa shape index (κ3) is 4.67. The summed E-state index contributed by atoms with van der Waals surface area (Å²) in [5.41, 5.74) is 1.90. The van der Waals surface area contributed by atoms with Crippen molar-refractivity contribution in [2.24, 2.45) is 5.92 Å². The molecule has 2 aromatic heterocycles. The summed E-state index contributed by atoms with van der Waals surface area (Å²) in [4.78, 5) is 38.3. The lowest BCUT2D eigenvalue weighted by molar-refractivity contribution is -0.123. The Morgan fingerprint density at radius 1 is 1.38 bits per heavy atom. The average molecular weight is 420 g/mol. The first-order valence-electron chi connectivity index (χ1n) is 9.56. The van der Waals surface area contributed by atoms with E-state index in [0.29, 0.717) is 22.2 Å². The fourth-order valence-electron chi connectivity index (χ4n) is 3.20. The van der Waals surface area contributed by atoms with E-state index < -0.39 is 23.9 Å². The van der Waals surface area contributed by atoms with Gasteiger partial charge in [-0.15, -0.1) is 11.3 Å². The molecule has 2 aromatic rings. The normalized spacial score (nSPS) is 16.6. The second kappa shape index (κ2) is 8.77. The van der Waals surface area contributed by atoms with E-state index in [1.165, 1.54) is 24.3 Å². The first-order valence-corrected chi connectivity index (χ1v) is 10.4. The van der Waals surface area contributed by atoms with Crippen LogP contribution in [0.5, 0.6) is 0 Å².